The fourth-order valence-corrected chi connectivity index (χ4v) is 2.96. The summed E-state index contributed by atoms with van der Waals surface area (Å²) in [5.74, 6) is 0.562. The molecule has 0 unspecified atom stereocenters. The van der Waals surface area contributed by atoms with Gasteiger partial charge in [0, 0.05) is 12.1 Å². The van der Waals surface area contributed by atoms with Crippen LogP contribution in [0.3, 0.4) is 0 Å². The van der Waals surface area contributed by atoms with E-state index in [9.17, 15) is 14.9 Å². The van der Waals surface area contributed by atoms with E-state index < -0.39 is 11.9 Å². The normalized spacial score (nSPS) is 11.3. The predicted octanol–water partition coefficient (Wildman–Crippen LogP) is 4.54. The molecule has 2 rings (SSSR count). The first-order chi connectivity index (χ1) is 16.7. The minimum Gasteiger partial charge on any atom is -0.493 e. The number of hydrogen-bond donors (Lipinski definition) is 1. The van der Waals surface area contributed by atoms with Gasteiger partial charge in [-0.3, -0.25) is 4.79 Å². The summed E-state index contributed by atoms with van der Waals surface area (Å²) in [5, 5.41) is 12.0. The van der Waals surface area contributed by atoms with Crippen LogP contribution in [0.5, 0.6) is 23.0 Å². The van der Waals surface area contributed by atoms with E-state index in [-0.39, 0.29) is 29.2 Å². The van der Waals surface area contributed by atoms with Crippen LogP contribution in [-0.4, -0.2) is 38.2 Å². The molecule has 0 saturated carbocycles. The highest BCUT2D eigenvalue weighted by molar-refractivity contribution is 6.01. The lowest BCUT2D eigenvalue weighted by Gasteiger charge is -2.13. The molecule has 0 bridgehead atoms. The van der Waals surface area contributed by atoms with Crippen LogP contribution in [0.1, 0.15) is 38.8 Å². The van der Waals surface area contributed by atoms with E-state index in [1.54, 1.807) is 57.4 Å². The zero-order valence-corrected chi connectivity index (χ0v) is 20.7. The molecule has 0 aliphatic heterocycles. The highest BCUT2D eigenvalue weighted by atomic mass is 16.6. The minimum atomic E-state index is -0.609. The lowest BCUT2D eigenvalue weighted by atomic mass is 10.1. The Morgan fingerprint density at radius 3 is 2.11 bits per heavy atom. The van der Waals surface area contributed by atoms with Gasteiger partial charge in [0.2, 0.25) is 0 Å². The molecule has 35 heavy (non-hydrogen) atoms. The Morgan fingerprint density at radius 1 is 0.914 bits per heavy atom. The maximum Gasteiger partial charge on any atom is 0.336 e. The fraction of sp³-hybridized carbons (Fsp3) is 0.296. The highest BCUT2D eigenvalue weighted by Crippen LogP contribution is 2.31. The van der Waals surface area contributed by atoms with E-state index in [1.807, 2.05) is 19.9 Å². The molecule has 0 spiro atoms. The number of rotatable bonds is 10. The molecule has 0 aliphatic rings. The zero-order chi connectivity index (χ0) is 26.0. The van der Waals surface area contributed by atoms with E-state index in [2.05, 4.69) is 5.32 Å². The Morgan fingerprint density at radius 2 is 1.51 bits per heavy atom. The van der Waals surface area contributed by atoms with Crippen molar-refractivity contribution < 1.29 is 28.5 Å². The van der Waals surface area contributed by atoms with Gasteiger partial charge < -0.3 is 24.3 Å². The highest BCUT2D eigenvalue weighted by Gasteiger charge is 2.13. The second-order valence-corrected chi connectivity index (χ2v) is 8.04. The number of ether oxygens (including phenoxy) is 4. The van der Waals surface area contributed by atoms with Gasteiger partial charge in [0.1, 0.15) is 11.6 Å². The van der Waals surface area contributed by atoms with Gasteiger partial charge in [0.05, 0.1) is 20.3 Å². The molecule has 0 saturated heterocycles. The largest absolute Gasteiger partial charge is 0.493 e. The topological polar surface area (TPSA) is 107 Å². The number of amides is 1. The van der Waals surface area contributed by atoms with Gasteiger partial charge in [-0.2, -0.15) is 5.26 Å². The Hall–Kier alpha value is -4.25. The molecule has 8 nitrogen and oxygen atoms in total. The molecular weight excluding hydrogens is 448 g/mol. The first-order valence-electron chi connectivity index (χ1n) is 11.0. The van der Waals surface area contributed by atoms with Crippen LogP contribution in [-0.2, 0) is 9.59 Å². The second-order valence-electron chi connectivity index (χ2n) is 8.04. The minimum absolute atomic E-state index is 0.000754. The van der Waals surface area contributed by atoms with Crippen molar-refractivity contribution >= 4 is 24.0 Å². The summed E-state index contributed by atoms with van der Waals surface area (Å²) < 4.78 is 21.8. The van der Waals surface area contributed by atoms with Crippen molar-refractivity contribution in [2.75, 3.05) is 14.2 Å². The van der Waals surface area contributed by atoms with E-state index in [0.29, 0.717) is 17.1 Å². The quantitative estimate of drug-likeness (QED) is 0.231. The summed E-state index contributed by atoms with van der Waals surface area (Å²) in [6.07, 6.45) is 4.32. The smallest absolute Gasteiger partial charge is 0.336 e. The van der Waals surface area contributed by atoms with Crippen molar-refractivity contribution in [2.45, 2.75) is 39.8 Å². The Labute approximate surface area is 205 Å². The third-order valence-corrected chi connectivity index (χ3v) is 4.46. The van der Waals surface area contributed by atoms with Gasteiger partial charge in [-0.25, -0.2) is 4.79 Å². The maximum absolute atomic E-state index is 12.4. The van der Waals surface area contributed by atoms with E-state index in [4.69, 9.17) is 18.9 Å². The monoisotopic (exact) mass is 478 g/mol. The van der Waals surface area contributed by atoms with Gasteiger partial charge in [0.15, 0.2) is 23.0 Å². The summed E-state index contributed by atoms with van der Waals surface area (Å²) in [6, 6.07) is 11.8. The predicted molar refractivity (Wildman–Crippen MR) is 133 cm³/mol. The van der Waals surface area contributed by atoms with Crippen LogP contribution >= 0.6 is 0 Å². The molecule has 1 N–H and O–H groups in total. The number of nitrogens with zero attached hydrogens (tertiary/aromatic N) is 1. The Kier molecular flexibility index (Phi) is 9.91. The standard InChI is InChI=1S/C27H30N2O6/c1-17(2)29-27(31)21(16-28)13-20-8-11-23(25(15-20)33-6)35-26(30)12-9-19-7-10-22(34-18(3)4)24(14-19)32-5/h7-15,17-18H,1-6H3,(H,29,31)/b12-9+,21-13+. The van der Waals surface area contributed by atoms with Gasteiger partial charge in [-0.05, 0) is 75.2 Å². The number of hydrogen-bond acceptors (Lipinski definition) is 7. The SMILES string of the molecule is COc1cc(/C=C(\C#N)C(=O)NC(C)C)ccc1OC(=O)/C=C/c1ccc(OC(C)C)c(OC)c1. The molecule has 184 valence electrons. The molecule has 1 amide bonds. The number of carbonyl (C=O) groups excluding carboxylic acids is 2. The third-order valence-electron chi connectivity index (χ3n) is 4.46. The van der Waals surface area contributed by atoms with Crippen molar-refractivity contribution in [3.8, 4) is 29.1 Å². The molecule has 0 atom stereocenters. The average molecular weight is 479 g/mol. The van der Waals surface area contributed by atoms with Gasteiger partial charge >= 0.3 is 5.97 Å². The number of methoxy groups -OCH3 is 2. The van der Waals surface area contributed by atoms with E-state index in [1.165, 1.54) is 25.3 Å². The number of nitriles is 1. The zero-order valence-electron chi connectivity index (χ0n) is 20.7. The van der Waals surface area contributed by atoms with Crippen molar-refractivity contribution in [3.63, 3.8) is 0 Å². The molecule has 0 aromatic heterocycles. The van der Waals surface area contributed by atoms with Crippen molar-refractivity contribution in [1.82, 2.24) is 5.32 Å². The lowest BCUT2D eigenvalue weighted by Crippen LogP contribution is -2.30. The van der Waals surface area contributed by atoms with Crippen molar-refractivity contribution in [3.05, 3.63) is 59.2 Å². The average Bonchev–Trinajstić information content (AvgIpc) is 2.81. The molecular formula is C27H30N2O6. The van der Waals surface area contributed by atoms with Crippen LogP contribution in [0.25, 0.3) is 12.2 Å². The summed E-state index contributed by atoms with van der Waals surface area (Å²) in [5.41, 5.74) is 1.23. The van der Waals surface area contributed by atoms with Crippen molar-refractivity contribution in [1.29, 1.82) is 5.26 Å². The second kappa shape index (κ2) is 12.8. The van der Waals surface area contributed by atoms with Gasteiger partial charge in [-0.1, -0.05) is 12.1 Å². The van der Waals surface area contributed by atoms with Crippen LogP contribution in [0, 0.1) is 11.3 Å². The van der Waals surface area contributed by atoms with Gasteiger partial charge in [0.25, 0.3) is 5.91 Å². The summed E-state index contributed by atoms with van der Waals surface area (Å²) in [4.78, 5) is 24.5. The molecule has 0 heterocycles. The fourth-order valence-electron chi connectivity index (χ4n) is 2.96. The maximum atomic E-state index is 12.4. The van der Waals surface area contributed by atoms with E-state index in [0.717, 1.165) is 5.56 Å². The Bertz CT molecular complexity index is 1160. The van der Waals surface area contributed by atoms with Crippen LogP contribution in [0.4, 0.5) is 0 Å². The van der Waals surface area contributed by atoms with Crippen LogP contribution < -0.4 is 24.3 Å². The number of nitrogens with one attached hydrogen (secondary N) is 1. The number of benzene rings is 2. The number of carbonyl (C=O) groups is 2. The third kappa shape index (κ3) is 8.23. The lowest BCUT2D eigenvalue weighted by molar-refractivity contribution is -0.129. The van der Waals surface area contributed by atoms with Crippen LogP contribution in [0.2, 0.25) is 0 Å². The summed E-state index contributed by atoms with van der Waals surface area (Å²) in [6.45, 7) is 7.46. The first kappa shape index (κ1) is 27.0. The molecule has 0 fully saturated rings. The number of esters is 1. The summed E-state index contributed by atoms with van der Waals surface area (Å²) in [7, 11) is 2.98. The van der Waals surface area contributed by atoms with E-state index >= 15 is 0 Å². The molecule has 0 aliphatic carbocycles. The molecule has 8 heteroatoms. The molecule has 0 radical (unpaired) electrons. The van der Waals surface area contributed by atoms with Crippen molar-refractivity contribution in [2.24, 2.45) is 0 Å². The molecule has 2 aromatic rings. The molecule has 2 aromatic carbocycles. The summed E-state index contributed by atoms with van der Waals surface area (Å²) >= 11 is 0. The first-order valence-corrected chi connectivity index (χ1v) is 11.0. The Balaban J connectivity index is 2.16. The van der Waals surface area contributed by atoms with Crippen LogP contribution in [0.15, 0.2) is 48.0 Å². The van der Waals surface area contributed by atoms with Gasteiger partial charge in [-0.15, -0.1) is 0 Å².